The molecule has 2 aromatic rings. The third kappa shape index (κ3) is 3.59. The van der Waals surface area contributed by atoms with Crippen molar-refractivity contribution in [1.82, 2.24) is 0 Å². The van der Waals surface area contributed by atoms with Gasteiger partial charge in [0.1, 0.15) is 0 Å². The van der Waals surface area contributed by atoms with Gasteiger partial charge in [-0.05, 0) is 63.1 Å². The summed E-state index contributed by atoms with van der Waals surface area (Å²) in [5.41, 5.74) is 1.83. The summed E-state index contributed by atoms with van der Waals surface area (Å²) in [6.45, 7) is 1.92. The maximum absolute atomic E-state index is 12.3. The number of nitro groups is 1. The van der Waals surface area contributed by atoms with Gasteiger partial charge in [0.2, 0.25) is 0 Å². The van der Waals surface area contributed by atoms with E-state index in [9.17, 15) is 14.9 Å². The second-order valence-corrected chi connectivity index (χ2v) is 6.24. The van der Waals surface area contributed by atoms with E-state index in [1.807, 2.05) is 13.0 Å². The van der Waals surface area contributed by atoms with E-state index < -0.39 is 4.92 Å². The third-order valence-electron chi connectivity index (χ3n) is 2.85. The van der Waals surface area contributed by atoms with Crippen LogP contribution in [0.3, 0.4) is 0 Å². The molecular weight excluding hydrogens is 451 g/mol. The SMILES string of the molecule is Cc1cccc(C(=O)Nc2cc([N+](=O)[O-])ccc2Br)c1I. The minimum Gasteiger partial charge on any atom is -0.321 e. The van der Waals surface area contributed by atoms with Gasteiger partial charge in [0.25, 0.3) is 11.6 Å². The zero-order valence-electron chi connectivity index (χ0n) is 10.9. The Morgan fingerprint density at radius 1 is 1.33 bits per heavy atom. The van der Waals surface area contributed by atoms with Gasteiger partial charge in [-0.2, -0.15) is 0 Å². The zero-order valence-corrected chi connectivity index (χ0v) is 14.6. The maximum atomic E-state index is 12.3. The summed E-state index contributed by atoms with van der Waals surface area (Å²) < 4.78 is 1.44. The number of nitrogens with one attached hydrogen (secondary N) is 1. The number of benzene rings is 2. The van der Waals surface area contributed by atoms with E-state index >= 15 is 0 Å². The zero-order chi connectivity index (χ0) is 15.6. The molecule has 108 valence electrons. The number of non-ortho nitro benzene ring substituents is 1. The molecule has 0 aliphatic rings. The van der Waals surface area contributed by atoms with Crippen molar-refractivity contribution < 1.29 is 9.72 Å². The average Bonchev–Trinajstić information content (AvgIpc) is 2.43. The number of anilines is 1. The number of rotatable bonds is 3. The molecule has 0 aromatic heterocycles. The number of hydrogen-bond donors (Lipinski definition) is 1. The van der Waals surface area contributed by atoms with Gasteiger partial charge >= 0.3 is 0 Å². The van der Waals surface area contributed by atoms with Gasteiger partial charge in [-0.3, -0.25) is 14.9 Å². The first-order valence-corrected chi connectivity index (χ1v) is 7.77. The van der Waals surface area contributed by atoms with Crippen LogP contribution in [-0.4, -0.2) is 10.8 Å². The molecule has 1 amide bonds. The van der Waals surface area contributed by atoms with Gasteiger partial charge in [0.05, 0.1) is 16.2 Å². The van der Waals surface area contributed by atoms with Crippen molar-refractivity contribution in [3.63, 3.8) is 0 Å². The van der Waals surface area contributed by atoms with E-state index in [-0.39, 0.29) is 11.6 Å². The van der Waals surface area contributed by atoms with Crippen LogP contribution in [0.4, 0.5) is 11.4 Å². The molecule has 2 rings (SSSR count). The van der Waals surface area contributed by atoms with Gasteiger partial charge < -0.3 is 5.32 Å². The molecule has 0 saturated carbocycles. The van der Waals surface area contributed by atoms with Crippen molar-refractivity contribution in [2.45, 2.75) is 6.92 Å². The van der Waals surface area contributed by atoms with Crippen molar-refractivity contribution in [3.05, 3.63) is 65.7 Å². The molecule has 7 heteroatoms. The van der Waals surface area contributed by atoms with Crippen molar-refractivity contribution in [2.75, 3.05) is 5.32 Å². The molecule has 5 nitrogen and oxygen atoms in total. The molecule has 0 unspecified atom stereocenters. The highest BCUT2D eigenvalue weighted by Crippen LogP contribution is 2.28. The Hall–Kier alpha value is -1.48. The maximum Gasteiger partial charge on any atom is 0.271 e. The standard InChI is InChI=1S/C14H10BrIN2O3/c1-8-3-2-4-10(13(8)16)14(19)17-12-7-9(18(20)21)5-6-11(12)15/h2-7H,1H3,(H,17,19). The molecule has 2 aromatic carbocycles. The van der Waals surface area contributed by atoms with Crippen LogP contribution >= 0.6 is 38.5 Å². The van der Waals surface area contributed by atoms with Gasteiger partial charge in [0, 0.05) is 20.2 Å². The quantitative estimate of drug-likeness (QED) is 0.415. The Labute approximate surface area is 143 Å². The van der Waals surface area contributed by atoms with Gasteiger partial charge in [-0.15, -0.1) is 0 Å². The Bertz CT molecular complexity index is 734. The predicted molar refractivity (Wildman–Crippen MR) is 92.6 cm³/mol. The van der Waals surface area contributed by atoms with Gasteiger partial charge in [-0.25, -0.2) is 0 Å². The van der Waals surface area contributed by atoms with E-state index in [4.69, 9.17) is 0 Å². The first-order valence-electron chi connectivity index (χ1n) is 5.90. The monoisotopic (exact) mass is 460 g/mol. The molecule has 0 spiro atoms. The summed E-state index contributed by atoms with van der Waals surface area (Å²) >= 11 is 5.38. The normalized spacial score (nSPS) is 10.2. The number of hydrogen-bond acceptors (Lipinski definition) is 3. The molecule has 0 saturated heterocycles. The fraction of sp³-hybridized carbons (Fsp3) is 0.0714. The summed E-state index contributed by atoms with van der Waals surface area (Å²) in [5.74, 6) is -0.302. The molecular formula is C14H10BrIN2O3. The van der Waals surface area contributed by atoms with Crippen LogP contribution in [0.1, 0.15) is 15.9 Å². The first-order chi connectivity index (χ1) is 9.90. The summed E-state index contributed by atoms with van der Waals surface area (Å²) in [6, 6.07) is 9.67. The number of halogens is 2. The number of carbonyl (C=O) groups is 1. The lowest BCUT2D eigenvalue weighted by Crippen LogP contribution is -2.14. The molecule has 21 heavy (non-hydrogen) atoms. The van der Waals surface area contributed by atoms with E-state index in [0.717, 1.165) is 9.13 Å². The molecule has 0 heterocycles. The molecule has 1 N–H and O–H groups in total. The van der Waals surface area contributed by atoms with Crippen LogP contribution in [-0.2, 0) is 0 Å². The average molecular weight is 461 g/mol. The van der Waals surface area contributed by atoms with Crippen molar-refractivity contribution in [3.8, 4) is 0 Å². The molecule has 0 radical (unpaired) electrons. The highest BCUT2D eigenvalue weighted by atomic mass is 127. The highest BCUT2D eigenvalue weighted by Gasteiger charge is 2.15. The molecule has 0 aliphatic heterocycles. The van der Waals surface area contributed by atoms with Crippen LogP contribution in [0.2, 0.25) is 0 Å². The topological polar surface area (TPSA) is 72.2 Å². The smallest absolute Gasteiger partial charge is 0.271 e. The number of amides is 1. The summed E-state index contributed by atoms with van der Waals surface area (Å²) in [6.07, 6.45) is 0. The Morgan fingerprint density at radius 2 is 2.05 bits per heavy atom. The Kier molecular flexibility index (Phi) is 4.94. The van der Waals surface area contributed by atoms with E-state index in [2.05, 4.69) is 43.8 Å². The van der Waals surface area contributed by atoms with Crippen LogP contribution in [0.15, 0.2) is 40.9 Å². The summed E-state index contributed by atoms with van der Waals surface area (Å²) in [7, 11) is 0. The van der Waals surface area contributed by atoms with Gasteiger partial charge in [-0.1, -0.05) is 12.1 Å². The number of carbonyl (C=O) groups excluding carboxylic acids is 1. The molecule has 0 atom stereocenters. The minimum atomic E-state index is -0.501. The molecule has 0 fully saturated rings. The van der Waals surface area contributed by atoms with Crippen LogP contribution in [0.5, 0.6) is 0 Å². The Balaban J connectivity index is 2.33. The van der Waals surface area contributed by atoms with Crippen LogP contribution < -0.4 is 5.32 Å². The Morgan fingerprint density at radius 3 is 2.71 bits per heavy atom. The lowest BCUT2D eigenvalue weighted by atomic mass is 10.1. The first kappa shape index (κ1) is 15.9. The number of nitrogens with zero attached hydrogens (tertiary/aromatic N) is 1. The number of nitro benzene ring substituents is 1. The van der Waals surface area contributed by atoms with E-state index in [1.54, 1.807) is 12.1 Å². The van der Waals surface area contributed by atoms with Crippen molar-refractivity contribution in [2.24, 2.45) is 0 Å². The van der Waals surface area contributed by atoms with Crippen LogP contribution in [0.25, 0.3) is 0 Å². The lowest BCUT2D eigenvalue weighted by Gasteiger charge is -2.10. The predicted octanol–water partition coefficient (Wildman–Crippen LogP) is 4.52. The third-order valence-corrected chi connectivity index (χ3v) is 4.97. The highest BCUT2D eigenvalue weighted by molar-refractivity contribution is 14.1. The summed E-state index contributed by atoms with van der Waals surface area (Å²) in [4.78, 5) is 22.6. The van der Waals surface area contributed by atoms with Crippen molar-refractivity contribution >= 4 is 55.8 Å². The van der Waals surface area contributed by atoms with Crippen LogP contribution in [0, 0.1) is 20.6 Å². The lowest BCUT2D eigenvalue weighted by molar-refractivity contribution is -0.384. The minimum absolute atomic E-state index is 0.0764. The largest absolute Gasteiger partial charge is 0.321 e. The second kappa shape index (κ2) is 6.52. The summed E-state index contributed by atoms with van der Waals surface area (Å²) in [5, 5.41) is 13.5. The molecule has 0 bridgehead atoms. The fourth-order valence-corrected chi connectivity index (χ4v) is 2.69. The molecule has 0 aliphatic carbocycles. The van der Waals surface area contributed by atoms with E-state index in [0.29, 0.717) is 15.7 Å². The van der Waals surface area contributed by atoms with Crippen molar-refractivity contribution in [1.29, 1.82) is 0 Å². The number of aryl methyl sites for hydroxylation is 1. The van der Waals surface area contributed by atoms with Gasteiger partial charge in [0.15, 0.2) is 0 Å². The second-order valence-electron chi connectivity index (χ2n) is 4.31. The van der Waals surface area contributed by atoms with E-state index in [1.165, 1.54) is 18.2 Å². The fourth-order valence-electron chi connectivity index (χ4n) is 1.74.